The van der Waals surface area contributed by atoms with Crippen LogP contribution in [0.5, 0.6) is 0 Å². The van der Waals surface area contributed by atoms with E-state index < -0.39 is 40.8 Å². The van der Waals surface area contributed by atoms with Crippen LogP contribution in [0.3, 0.4) is 0 Å². The van der Waals surface area contributed by atoms with Gasteiger partial charge < -0.3 is 25.4 Å². The van der Waals surface area contributed by atoms with Crippen LogP contribution in [0.15, 0.2) is 43.0 Å². The summed E-state index contributed by atoms with van der Waals surface area (Å²) >= 11 is 0. The SMILES string of the molecule is NS(=O)(=O)NCC1OC(n2cnc3c(N[C@H](CO)c4ccccc4)ncnc32)[C@H](O)[C@@H]1O. The van der Waals surface area contributed by atoms with Crippen LogP contribution >= 0.6 is 0 Å². The van der Waals surface area contributed by atoms with Crippen molar-refractivity contribution < 1.29 is 28.5 Å². The molecule has 0 saturated carbocycles. The predicted octanol–water partition coefficient (Wildman–Crippen LogP) is -1.62. The molecule has 14 heteroatoms. The van der Waals surface area contributed by atoms with Crippen LogP contribution in [0, 0.1) is 0 Å². The molecular weight excluding hydrogens is 442 g/mol. The summed E-state index contributed by atoms with van der Waals surface area (Å²) in [7, 11) is -3.99. The molecule has 1 aliphatic heterocycles. The van der Waals surface area contributed by atoms with Gasteiger partial charge in [0.25, 0.3) is 10.2 Å². The Morgan fingerprint density at radius 2 is 1.91 bits per heavy atom. The highest BCUT2D eigenvalue weighted by atomic mass is 32.2. The van der Waals surface area contributed by atoms with Crippen molar-refractivity contribution in [3.63, 3.8) is 0 Å². The highest BCUT2D eigenvalue weighted by Crippen LogP contribution is 2.32. The normalized spacial score (nSPS) is 24.6. The number of nitrogens with one attached hydrogen (secondary N) is 2. The highest BCUT2D eigenvalue weighted by molar-refractivity contribution is 7.87. The Hall–Kier alpha value is -2.72. The van der Waals surface area contributed by atoms with Gasteiger partial charge in [0.2, 0.25) is 0 Å². The Kier molecular flexibility index (Phi) is 6.34. The van der Waals surface area contributed by atoms with Crippen molar-refractivity contribution in [2.75, 3.05) is 18.5 Å². The third kappa shape index (κ3) is 4.56. The molecule has 7 N–H and O–H groups in total. The van der Waals surface area contributed by atoms with Crippen molar-refractivity contribution in [3.8, 4) is 0 Å². The van der Waals surface area contributed by atoms with Gasteiger partial charge in [-0.15, -0.1) is 0 Å². The summed E-state index contributed by atoms with van der Waals surface area (Å²) in [6.45, 7) is -0.511. The van der Waals surface area contributed by atoms with E-state index in [1.54, 1.807) is 0 Å². The fourth-order valence-electron chi connectivity index (χ4n) is 3.55. The van der Waals surface area contributed by atoms with E-state index in [9.17, 15) is 23.7 Å². The van der Waals surface area contributed by atoms with Gasteiger partial charge in [-0.05, 0) is 5.56 Å². The molecule has 172 valence electrons. The van der Waals surface area contributed by atoms with Crippen LogP contribution in [0.1, 0.15) is 17.8 Å². The first kappa shape index (κ1) is 22.5. The lowest BCUT2D eigenvalue weighted by molar-refractivity contribution is -0.0330. The number of aromatic nitrogens is 4. The van der Waals surface area contributed by atoms with E-state index in [2.05, 4.69) is 20.3 Å². The first-order chi connectivity index (χ1) is 15.3. The zero-order valence-electron chi connectivity index (χ0n) is 16.7. The summed E-state index contributed by atoms with van der Waals surface area (Å²) in [5.74, 6) is 0.358. The minimum atomic E-state index is -3.99. The fourth-order valence-corrected chi connectivity index (χ4v) is 3.95. The van der Waals surface area contributed by atoms with Crippen LogP contribution in [0.4, 0.5) is 5.82 Å². The Morgan fingerprint density at radius 3 is 2.59 bits per heavy atom. The smallest absolute Gasteiger partial charge is 0.274 e. The van der Waals surface area contributed by atoms with Crippen LogP contribution in [0.25, 0.3) is 11.2 Å². The Bertz CT molecular complexity index is 1180. The van der Waals surface area contributed by atoms with Crippen molar-refractivity contribution >= 4 is 27.2 Å². The van der Waals surface area contributed by atoms with E-state index in [1.807, 2.05) is 35.1 Å². The molecule has 3 aromatic rings. The maximum atomic E-state index is 11.1. The number of ether oxygens (including phenoxy) is 1. The van der Waals surface area contributed by atoms with Crippen LogP contribution in [0.2, 0.25) is 0 Å². The van der Waals surface area contributed by atoms with Crippen molar-refractivity contribution in [2.24, 2.45) is 5.14 Å². The van der Waals surface area contributed by atoms with Gasteiger partial charge in [0.05, 0.1) is 19.0 Å². The van der Waals surface area contributed by atoms with E-state index in [0.717, 1.165) is 5.56 Å². The van der Waals surface area contributed by atoms with Gasteiger partial charge in [-0.1, -0.05) is 30.3 Å². The standard InChI is InChI=1S/C18H23N7O6S/c19-32(29,30)23-6-12-14(27)15(28)18(31-12)25-9-22-13-16(20-8-21-17(13)25)24-11(7-26)10-4-2-1-3-5-10/h1-5,8-9,11-12,14-15,18,23,26-28H,6-7H2,(H2,19,29,30)(H,20,21,24)/t11-,12?,14-,15-,18?/m1/s1. The van der Waals surface area contributed by atoms with Crippen LogP contribution in [-0.4, -0.2) is 74.7 Å². The average Bonchev–Trinajstić information content (AvgIpc) is 3.32. The second-order valence-corrected chi connectivity index (χ2v) is 8.65. The number of anilines is 1. The molecule has 5 atom stereocenters. The molecule has 32 heavy (non-hydrogen) atoms. The number of fused-ring (bicyclic) bond motifs is 1. The summed E-state index contributed by atoms with van der Waals surface area (Å²) in [6.07, 6.45) is -2.20. The molecule has 2 unspecified atom stereocenters. The minimum Gasteiger partial charge on any atom is -0.394 e. The molecule has 0 radical (unpaired) electrons. The number of hydrogen-bond donors (Lipinski definition) is 6. The Labute approximate surface area is 183 Å². The fraction of sp³-hybridized carbons (Fsp3) is 0.389. The predicted molar refractivity (Wildman–Crippen MR) is 112 cm³/mol. The number of nitrogens with two attached hydrogens (primary N) is 1. The molecule has 0 aliphatic carbocycles. The number of nitrogens with zero attached hydrogens (tertiary/aromatic N) is 4. The Balaban J connectivity index is 1.59. The molecule has 4 rings (SSSR count). The van der Waals surface area contributed by atoms with E-state index in [1.165, 1.54) is 17.2 Å². The maximum Gasteiger partial charge on any atom is 0.274 e. The minimum absolute atomic E-state index is 0.189. The first-order valence-corrected chi connectivity index (χ1v) is 11.2. The molecule has 0 amide bonds. The van der Waals surface area contributed by atoms with E-state index in [0.29, 0.717) is 17.0 Å². The zero-order valence-corrected chi connectivity index (χ0v) is 17.5. The van der Waals surface area contributed by atoms with Gasteiger partial charge in [-0.25, -0.2) is 20.1 Å². The van der Waals surface area contributed by atoms with Crippen molar-refractivity contribution in [1.82, 2.24) is 24.2 Å². The lowest BCUT2D eigenvalue weighted by Crippen LogP contribution is -2.42. The van der Waals surface area contributed by atoms with Crippen LogP contribution in [-0.2, 0) is 14.9 Å². The third-order valence-electron chi connectivity index (χ3n) is 5.15. The Morgan fingerprint density at radius 1 is 1.16 bits per heavy atom. The topological polar surface area (TPSA) is 198 Å². The van der Waals surface area contributed by atoms with Crippen molar-refractivity contribution in [1.29, 1.82) is 0 Å². The van der Waals surface area contributed by atoms with Crippen LogP contribution < -0.4 is 15.2 Å². The van der Waals surface area contributed by atoms with Crippen molar-refractivity contribution in [2.45, 2.75) is 30.6 Å². The number of imidazole rings is 1. The molecule has 13 nitrogen and oxygen atoms in total. The van der Waals surface area contributed by atoms with Gasteiger partial charge >= 0.3 is 0 Å². The molecule has 2 aromatic heterocycles. The molecule has 3 heterocycles. The summed E-state index contributed by atoms with van der Waals surface area (Å²) in [5.41, 5.74) is 1.52. The third-order valence-corrected chi connectivity index (χ3v) is 5.72. The maximum absolute atomic E-state index is 11.1. The largest absolute Gasteiger partial charge is 0.394 e. The highest BCUT2D eigenvalue weighted by Gasteiger charge is 2.44. The number of aliphatic hydroxyl groups is 3. The molecule has 1 aromatic carbocycles. The summed E-state index contributed by atoms with van der Waals surface area (Å²) < 4.78 is 31.4. The number of hydrogen-bond acceptors (Lipinski definition) is 10. The number of benzene rings is 1. The molecular formula is C18H23N7O6S. The van der Waals surface area contributed by atoms with Gasteiger partial charge in [0, 0.05) is 6.54 Å². The molecule has 1 aliphatic rings. The van der Waals surface area contributed by atoms with Crippen molar-refractivity contribution in [3.05, 3.63) is 48.5 Å². The zero-order chi connectivity index (χ0) is 22.9. The molecule has 1 fully saturated rings. The number of rotatable bonds is 8. The molecule has 0 spiro atoms. The summed E-state index contributed by atoms with van der Waals surface area (Å²) in [5, 5.41) is 38.6. The van der Waals surface area contributed by atoms with Gasteiger partial charge in [-0.3, -0.25) is 4.57 Å². The second-order valence-electron chi connectivity index (χ2n) is 7.28. The quantitative estimate of drug-likeness (QED) is 0.225. The van der Waals surface area contributed by atoms with E-state index in [4.69, 9.17) is 9.88 Å². The number of aliphatic hydroxyl groups excluding tert-OH is 3. The van der Waals surface area contributed by atoms with Gasteiger partial charge in [0.1, 0.15) is 24.6 Å². The molecule has 1 saturated heterocycles. The van der Waals surface area contributed by atoms with E-state index in [-0.39, 0.29) is 13.2 Å². The van der Waals surface area contributed by atoms with Gasteiger partial charge in [0.15, 0.2) is 23.2 Å². The average molecular weight is 465 g/mol. The van der Waals surface area contributed by atoms with Gasteiger partial charge in [-0.2, -0.15) is 13.1 Å². The first-order valence-electron chi connectivity index (χ1n) is 9.67. The summed E-state index contributed by atoms with van der Waals surface area (Å²) in [6, 6.07) is 8.87. The lowest BCUT2D eigenvalue weighted by atomic mass is 10.1. The van der Waals surface area contributed by atoms with E-state index >= 15 is 0 Å². The molecule has 0 bridgehead atoms. The summed E-state index contributed by atoms with van der Waals surface area (Å²) in [4.78, 5) is 12.7. The monoisotopic (exact) mass is 465 g/mol. The second kappa shape index (κ2) is 9.03. The lowest BCUT2D eigenvalue weighted by Gasteiger charge is -2.18.